The molecule has 1 aromatic heterocycles. The SMILES string of the molecule is CCN1CCN(Cn2nnc3ccccc32)C1c1ccc([N+](=O)[O-])cc1. The second kappa shape index (κ2) is 6.81. The predicted molar refractivity (Wildman–Crippen MR) is 97.3 cm³/mol. The fourth-order valence-corrected chi connectivity index (χ4v) is 3.60. The molecule has 1 aliphatic rings. The molecule has 0 spiro atoms. The predicted octanol–water partition coefficient (Wildman–Crippen LogP) is 2.63. The van der Waals surface area contributed by atoms with Gasteiger partial charge in [0.05, 0.1) is 23.3 Å². The molecule has 2 aromatic carbocycles. The van der Waals surface area contributed by atoms with Gasteiger partial charge in [-0.3, -0.25) is 19.9 Å². The van der Waals surface area contributed by atoms with Crippen LogP contribution < -0.4 is 0 Å². The normalized spacial score (nSPS) is 18.6. The molecule has 1 unspecified atom stereocenters. The summed E-state index contributed by atoms with van der Waals surface area (Å²) in [4.78, 5) is 15.2. The number of rotatable bonds is 5. The van der Waals surface area contributed by atoms with Crippen molar-refractivity contribution >= 4 is 16.7 Å². The first-order chi connectivity index (χ1) is 12.7. The number of likely N-dealkylation sites (N-methyl/N-ethyl adjacent to an activating group) is 1. The summed E-state index contributed by atoms with van der Waals surface area (Å²) in [7, 11) is 0. The van der Waals surface area contributed by atoms with Crippen LogP contribution in [0.1, 0.15) is 18.7 Å². The minimum atomic E-state index is -0.366. The average molecular weight is 352 g/mol. The molecule has 1 saturated heterocycles. The van der Waals surface area contributed by atoms with Gasteiger partial charge in [0.15, 0.2) is 0 Å². The molecule has 1 fully saturated rings. The Labute approximate surface area is 150 Å². The summed E-state index contributed by atoms with van der Waals surface area (Å²) in [5.74, 6) is 0. The van der Waals surface area contributed by atoms with Gasteiger partial charge in [-0.2, -0.15) is 0 Å². The third-order valence-electron chi connectivity index (χ3n) is 4.91. The topological polar surface area (TPSA) is 80.3 Å². The molecule has 0 radical (unpaired) electrons. The van der Waals surface area contributed by atoms with Crippen LogP contribution in [0.3, 0.4) is 0 Å². The van der Waals surface area contributed by atoms with E-state index in [1.807, 2.05) is 41.1 Å². The van der Waals surface area contributed by atoms with Crippen LogP contribution in [-0.4, -0.2) is 49.4 Å². The van der Waals surface area contributed by atoms with E-state index in [0.717, 1.165) is 36.2 Å². The van der Waals surface area contributed by atoms with E-state index >= 15 is 0 Å². The first kappa shape index (κ1) is 16.6. The van der Waals surface area contributed by atoms with Crippen LogP contribution in [0.4, 0.5) is 5.69 Å². The maximum Gasteiger partial charge on any atom is 0.269 e. The van der Waals surface area contributed by atoms with Gasteiger partial charge in [0.2, 0.25) is 0 Å². The number of benzene rings is 2. The van der Waals surface area contributed by atoms with Crippen LogP contribution in [0.5, 0.6) is 0 Å². The van der Waals surface area contributed by atoms with Gasteiger partial charge in [0.1, 0.15) is 5.52 Å². The van der Waals surface area contributed by atoms with Gasteiger partial charge >= 0.3 is 0 Å². The number of hydrogen-bond donors (Lipinski definition) is 0. The summed E-state index contributed by atoms with van der Waals surface area (Å²) in [5, 5.41) is 19.4. The van der Waals surface area contributed by atoms with Gasteiger partial charge in [0, 0.05) is 25.2 Å². The molecule has 26 heavy (non-hydrogen) atoms. The van der Waals surface area contributed by atoms with Crippen molar-refractivity contribution in [2.24, 2.45) is 0 Å². The number of non-ortho nitro benzene ring substituents is 1. The second-order valence-corrected chi connectivity index (χ2v) is 6.38. The molecule has 0 N–H and O–H groups in total. The van der Waals surface area contributed by atoms with Gasteiger partial charge < -0.3 is 0 Å². The molecule has 8 heteroatoms. The van der Waals surface area contributed by atoms with Crippen LogP contribution in [0, 0.1) is 10.1 Å². The number of aromatic nitrogens is 3. The quantitative estimate of drug-likeness (QED) is 0.519. The molecule has 0 amide bonds. The maximum absolute atomic E-state index is 10.9. The number of nitrogens with zero attached hydrogens (tertiary/aromatic N) is 6. The van der Waals surface area contributed by atoms with E-state index in [2.05, 4.69) is 27.0 Å². The summed E-state index contributed by atoms with van der Waals surface area (Å²) in [6.07, 6.45) is 0.0729. The van der Waals surface area contributed by atoms with Gasteiger partial charge in [-0.25, -0.2) is 4.68 Å². The summed E-state index contributed by atoms with van der Waals surface area (Å²) in [6, 6.07) is 14.8. The number of fused-ring (bicyclic) bond motifs is 1. The Kier molecular flexibility index (Phi) is 4.36. The van der Waals surface area contributed by atoms with Crippen molar-refractivity contribution in [3.63, 3.8) is 0 Å². The van der Waals surface area contributed by atoms with Crippen molar-refractivity contribution in [2.45, 2.75) is 19.8 Å². The lowest BCUT2D eigenvalue weighted by Gasteiger charge is -2.29. The summed E-state index contributed by atoms with van der Waals surface area (Å²) in [5.41, 5.74) is 3.05. The molecule has 134 valence electrons. The highest BCUT2D eigenvalue weighted by Crippen LogP contribution is 2.31. The zero-order chi connectivity index (χ0) is 18.1. The van der Waals surface area contributed by atoms with E-state index in [4.69, 9.17) is 0 Å². The molecule has 1 atom stereocenters. The monoisotopic (exact) mass is 352 g/mol. The number of hydrogen-bond acceptors (Lipinski definition) is 6. The van der Waals surface area contributed by atoms with Crippen LogP contribution in [0.2, 0.25) is 0 Å². The largest absolute Gasteiger partial charge is 0.283 e. The minimum Gasteiger partial charge on any atom is -0.283 e. The maximum atomic E-state index is 10.9. The van der Waals surface area contributed by atoms with Crippen LogP contribution in [0.25, 0.3) is 11.0 Å². The molecule has 0 saturated carbocycles. The van der Waals surface area contributed by atoms with Crippen LogP contribution >= 0.6 is 0 Å². The van der Waals surface area contributed by atoms with E-state index in [0.29, 0.717) is 6.67 Å². The summed E-state index contributed by atoms with van der Waals surface area (Å²) >= 11 is 0. The molecule has 2 heterocycles. The Morgan fingerprint density at radius 1 is 1.12 bits per heavy atom. The van der Waals surface area contributed by atoms with Crippen molar-refractivity contribution in [2.75, 3.05) is 19.6 Å². The van der Waals surface area contributed by atoms with Gasteiger partial charge in [-0.15, -0.1) is 5.10 Å². The second-order valence-electron chi connectivity index (χ2n) is 6.38. The smallest absolute Gasteiger partial charge is 0.269 e. The highest BCUT2D eigenvalue weighted by Gasteiger charge is 2.32. The lowest BCUT2D eigenvalue weighted by molar-refractivity contribution is -0.384. The van der Waals surface area contributed by atoms with Crippen molar-refractivity contribution < 1.29 is 4.92 Å². The van der Waals surface area contributed by atoms with E-state index < -0.39 is 0 Å². The van der Waals surface area contributed by atoms with Gasteiger partial charge in [0.25, 0.3) is 5.69 Å². The summed E-state index contributed by atoms with van der Waals surface area (Å²) in [6.45, 7) is 5.52. The molecule has 3 aromatic rings. The lowest BCUT2D eigenvalue weighted by Crippen LogP contribution is -2.32. The Morgan fingerprint density at radius 2 is 1.85 bits per heavy atom. The molecule has 1 aliphatic heterocycles. The van der Waals surface area contributed by atoms with Crippen molar-refractivity contribution in [1.29, 1.82) is 0 Å². The number of para-hydroxylation sites is 1. The zero-order valence-electron chi connectivity index (χ0n) is 14.5. The molecular weight excluding hydrogens is 332 g/mol. The van der Waals surface area contributed by atoms with Crippen molar-refractivity contribution in [1.82, 2.24) is 24.8 Å². The van der Waals surface area contributed by atoms with E-state index in [-0.39, 0.29) is 16.8 Å². The Morgan fingerprint density at radius 3 is 2.58 bits per heavy atom. The summed E-state index contributed by atoms with van der Waals surface area (Å²) < 4.78 is 1.91. The first-order valence-electron chi connectivity index (χ1n) is 8.68. The average Bonchev–Trinajstić information content (AvgIpc) is 3.26. The number of nitro groups is 1. The Balaban J connectivity index is 1.63. The molecule has 0 aliphatic carbocycles. The third-order valence-corrected chi connectivity index (χ3v) is 4.91. The highest BCUT2D eigenvalue weighted by atomic mass is 16.6. The fraction of sp³-hybridized carbons (Fsp3) is 0.333. The van der Waals surface area contributed by atoms with Gasteiger partial charge in [-0.05, 0) is 36.4 Å². The minimum absolute atomic E-state index is 0.0729. The van der Waals surface area contributed by atoms with E-state index in [1.54, 1.807) is 12.1 Å². The van der Waals surface area contributed by atoms with Crippen LogP contribution in [0.15, 0.2) is 48.5 Å². The molecule has 0 bridgehead atoms. The van der Waals surface area contributed by atoms with Crippen molar-refractivity contribution in [3.05, 3.63) is 64.2 Å². The van der Waals surface area contributed by atoms with Crippen LogP contribution in [-0.2, 0) is 6.67 Å². The molecule has 4 rings (SSSR count). The number of nitro benzene ring substituents is 1. The third kappa shape index (κ3) is 2.93. The Hall–Kier alpha value is -2.84. The first-order valence-corrected chi connectivity index (χ1v) is 8.68. The zero-order valence-corrected chi connectivity index (χ0v) is 14.5. The van der Waals surface area contributed by atoms with Crippen molar-refractivity contribution in [3.8, 4) is 0 Å². The fourth-order valence-electron chi connectivity index (χ4n) is 3.60. The van der Waals surface area contributed by atoms with Gasteiger partial charge in [-0.1, -0.05) is 24.3 Å². The molecular formula is C18H20N6O2. The Bertz CT molecular complexity index is 923. The molecule has 8 nitrogen and oxygen atoms in total. The standard InChI is InChI=1S/C18H20N6O2/c1-2-21-11-12-22(13-23-17-6-4-3-5-16(17)19-20-23)18(21)14-7-9-15(10-8-14)24(25)26/h3-10,18H,2,11-13H2,1H3. The lowest BCUT2D eigenvalue weighted by atomic mass is 10.1. The highest BCUT2D eigenvalue weighted by molar-refractivity contribution is 5.73. The van der Waals surface area contributed by atoms with E-state index in [9.17, 15) is 10.1 Å². The van der Waals surface area contributed by atoms with E-state index in [1.165, 1.54) is 0 Å².